The summed E-state index contributed by atoms with van der Waals surface area (Å²) in [7, 11) is 0. The molecule has 0 aliphatic carbocycles. The van der Waals surface area contributed by atoms with Gasteiger partial charge in [0.1, 0.15) is 18.2 Å². The van der Waals surface area contributed by atoms with Crippen molar-refractivity contribution in [3.05, 3.63) is 70.6 Å². The molecule has 7 nitrogen and oxygen atoms in total. The number of thiophene rings is 1. The monoisotopic (exact) mass is 437 g/mol. The average molecular weight is 438 g/mol. The van der Waals surface area contributed by atoms with E-state index < -0.39 is 6.10 Å². The Bertz CT molecular complexity index is 1220. The van der Waals surface area contributed by atoms with Gasteiger partial charge < -0.3 is 10.4 Å². The molecule has 1 unspecified atom stereocenters. The highest BCUT2D eigenvalue weighted by atomic mass is 35.5. The van der Waals surface area contributed by atoms with Crippen molar-refractivity contribution < 1.29 is 9.90 Å². The van der Waals surface area contributed by atoms with Crippen molar-refractivity contribution >= 4 is 34.7 Å². The first-order valence-corrected chi connectivity index (χ1v) is 10.5. The van der Waals surface area contributed by atoms with Crippen molar-refractivity contribution in [1.82, 2.24) is 20.2 Å². The number of pyridine rings is 1. The zero-order valence-electron chi connectivity index (χ0n) is 15.6. The molecule has 1 amide bonds. The molecule has 1 atom stereocenters. The Balaban J connectivity index is 1.64. The average Bonchev–Trinajstić information content (AvgIpc) is 3.43. The second-order valence-corrected chi connectivity index (χ2v) is 8.41. The van der Waals surface area contributed by atoms with Gasteiger partial charge in [0, 0.05) is 39.2 Å². The Morgan fingerprint density at radius 1 is 1.13 bits per heavy atom. The number of aromatic nitrogens is 4. The van der Waals surface area contributed by atoms with Gasteiger partial charge in [0.15, 0.2) is 5.82 Å². The Hall–Kier alpha value is -3.07. The predicted molar refractivity (Wildman–Crippen MR) is 115 cm³/mol. The van der Waals surface area contributed by atoms with Crippen LogP contribution in [-0.4, -0.2) is 31.2 Å². The van der Waals surface area contributed by atoms with Gasteiger partial charge in [-0.05, 0) is 36.2 Å². The third kappa shape index (κ3) is 3.39. The van der Waals surface area contributed by atoms with E-state index in [1.807, 2.05) is 12.1 Å². The van der Waals surface area contributed by atoms with E-state index in [0.29, 0.717) is 29.5 Å². The second kappa shape index (κ2) is 7.64. The number of rotatable bonds is 4. The normalized spacial score (nSPS) is 14.3. The summed E-state index contributed by atoms with van der Waals surface area (Å²) in [4.78, 5) is 22.1. The lowest BCUT2D eigenvalue weighted by Gasteiger charge is -2.18. The number of carbonyl (C=O) groups is 1. The molecule has 1 aliphatic rings. The summed E-state index contributed by atoms with van der Waals surface area (Å²) in [5.41, 5.74) is 3.43. The molecular formula is C21H16ClN5O2S. The quantitative estimate of drug-likeness (QED) is 0.443. The van der Waals surface area contributed by atoms with Crippen LogP contribution in [0, 0.1) is 0 Å². The van der Waals surface area contributed by atoms with Gasteiger partial charge in [-0.3, -0.25) is 9.89 Å². The molecule has 0 saturated heterocycles. The molecule has 30 heavy (non-hydrogen) atoms. The topological polar surface area (TPSA) is 104 Å². The number of nitrogens with zero attached hydrogens (tertiary/aromatic N) is 3. The summed E-state index contributed by atoms with van der Waals surface area (Å²) < 4.78 is 0. The largest absolute Gasteiger partial charge is 0.384 e. The number of hydrogen-bond acceptors (Lipinski definition) is 6. The van der Waals surface area contributed by atoms with Gasteiger partial charge in [0.2, 0.25) is 5.91 Å². The standard InChI is InChI=1S/C21H16ClN5O2S/c22-12-3-1-11(2-4-12)18(29)15-9-16(30-19(15)21-24-10-25-27-21)13-7-8-23-20-14(13)5-6-17(28)26-20/h1-4,7-10,18,29H,5-6H2,(H,23,26,28)(H,24,25,27). The molecule has 0 saturated carbocycles. The zero-order chi connectivity index (χ0) is 20.7. The lowest BCUT2D eigenvalue weighted by Crippen LogP contribution is -2.20. The fourth-order valence-electron chi connectivity index (χ4n) is 3.58. The van der Waals surface area contributed by atoms with E-state index >= 15 is 0 Å². The number of aliphatic hydroxyl groups is 1. The molecule has 0 radical (unpaired) electrons. The van der Waals surface area contributed by atoms with Crippen LogP contribution in [0.2, 0.25) is 5.02 Å². The van der Waals surface area contributed by atoms with Gasteiger partial charge in [-0.15, -0.1) is 11.3 Å². The minimum absolute atomic E-state index is 0.0282. The first-order chi connectivity index (χ1) is 14.6. The second-order valence-electron chi connectivity index (χ2n) is 6.92. The molecule has 4 aromatic rings. The van der Waals surface area contributed by atoms with Crippen molar-refractivity contribution in [1.29, 1.82) is 0 Å². The molecule has 1 aliphatic heterocycles. The van der Waals surface area contributed by atoms with Crippen LogP contribution in [0.3, 0.4) is 0 Å². The summed E-state index contributed by atoms with van der Waals surface area (Å²) in [6.07, 6.45) is 3.31. The van der Waals surface area contributed by atoms with Crippen LogP contribution in [0.25, 0.3) is 21.1 Å². The van der Waals surface area contributed by atoms with Gasteiger partial charge in [0.05, 0.1) is 4.88 Å². The Morgan fingerprint density at radius 2 is 1.97 bits per heavy atom. The minimum atomic E-state index is -0.857. The molecule has 3 N–H and O–H groups in total. The fourth-order valence-corrected chi connectivity index (χ4v) is 4.90. The van der Waals surface area contributed by atoms with Gasteiger partial charge in [-0.2, -0.15) is 5.10 Å². The van der Waals surface area contributed by atoms with E-state index in [2.05, 4.69) is 25.5 Å². The number of nitrogens with one attached hydrogen (secondary N) is 2. The van der Waals surface area contributed by atoms with Gasteiger partial charge >= 0.3 is 0 Å². The zero-order valence-corrected chi connectivity index (χ0v) is 17.2. The van der Waals surface area contributed by atoms with Crippen molar-refractivity contribution in [2.75, 3.05) is 5.32 Å². The number of benzene rings is 1. The summed E-state index contributed by atoms with van der Waals surface area (Å²) in [6.45, 7) is 0. The van der Waals surface area contributed by atoms with Gasteiger partial charge in [-0.25, -0.2) is 9.97 Å². The molecule has 0 fully saturated rings. The van der Waals surface area contributed by atoms with Crippen molar-refractivity contribution in [3.8, 4) is 21.1 Å². The summed E-state index contributed by atoms with van der Waals surface area (Å²) >= 11 is 7.51. The third-order valence-corrected chi connectivity index (χ3v) is 6.50. The van der Waals surface area contributed by atoms with Gasteiger partial charge in [0.25, 0.3) is 0 Å². The molecule has 150 valence electrons. The van der Waals surface area contributed by atoms with E-state index in [1.165, 1.54) is 17.7 Å². The molecule has 9 heteroatoms. The molecule has 0 spiro atoms. The summed E-state index contributed by atoms with van der Waals surface area (Å²) in [5, 5.41) is 21.4. The number of hydrogen-bond donors (Lipinski definition) is 3. The number of anilines is 1. The smallest absolute Gasteiger partial charge is 0.225 e. The Kier molecular flexibility index (Phi) is 4.82. The number of aliphatic hydroxyl groups excluding tert-OH is 1. The van der Waals surface area contributed by atoms with Crippen LogP contribution in [0.5, 0.6) is 0 Å². The van der Waals surface area contributed by atoms with E-state index in [0.717, 1.165) is 32.0 Å². The maximum absolute atomic E-state index is 11.7. The minimum Gasteiger partial charge on any atom is -0.384 e. The van der Waals surface area contributed by atoms with Crippen LogP contribution in [0.4, 0.5) is 5.82 Å². The predicted octanol–water partition coefficient (Wildman–Crippen LogP) is 4.22. The highest BCUT2D eigenvalue weighted by Gasteiger charge is 2.25. The molecule has 0 bridgehead atoms. The number of halogens is 1. The molecular weight excluding hydrogens is 422 g/mol. The number of aromatic amines is 1. The van der Waals surface area contributed by atoms with Crippen LogP contribution in [0.15, 0.2) is 48.9 Å². The first kappa shape index (κ1) is 18.9. The molecule has 5 rings (SSSR count). The maximum atomic E-state index is 11.7. The highest BCUT2D eigenvalue weighted by molar-refractivity contribution is 7.19. The van der Waals surface area contributed by atoms with E-state index in [9.17, 15) is 9.90 Å². The Morgan fingerprint density at radius 3 is 2.73 bits per heavy atom. The van der Waals surface area contributed by atoms with Crippen LogP contribution < -0.4 is 5.32 Å². The summed E-state index contributed by atoms with van der Waals surface area (Å²) in [6, 6.07) is 11.0. The molecule has 3 aromatic heterocycles. The van der Waals surface area contributed by atoms with Crippen LogP contribution in [-0.2, 0) is 11.2 Å². The Labute approximate surface area is 180 Å². The molecule has 4 heterocycles. The van der Waals surface area contributed by atoms with Crippen molar-refractivity contribution in [2.45, 2.75) is 18.9 Å². The maximum Gasteiger partial charge on any atom is 0.225 e. The number of amides is 1. The highest BCUT2D eigenvalue weighted by Crippen LogP contribution is 2.43. The number of fused-ring (bicyclic) bond motifs is 1. The lowest BCUT2D eigenvalue weighted by atomic mass is 9.97. The number of H-pyrrole nitrogens is 1. The van der Waals surface area contributed by atoms with Crippen molar-refractivity contribution in [2.24, 2.45) is 0 Å². The van der Waals surface area contributed by atoms with E-state index in [-0.39, 0.29) is 5.91 Å². The van der Waals surface area contributed by atoms with Crippen molar-refractivity contribution in [3.63, 3.8) is 0 Å². The lowest BCUT2D eigenvalue weighted by molar-refractivity contribution is -0.116. The SMILES string of the molecule is O=C1CCc2c(-c3cc(C(O)c4ccc(Cl)cc4)c(-c4ncn[nH]4)s3)ccnc2N1. The van der Waals surface area contributed by atoms with Gasteiger partial charge in [-0.1, -0.05) is 23.7 Å². The van der Waals surface area contributed by atoms with E-state index in [4.69, 9.17) is 11.6 Å². The third-order valence-electron chi connectivity index (χ3n) is 5.05. The van der Waals surface area contributed by atoms with Crippen LogP contribution in [0.1, 0.15) is 29.2 Å². The first-order valence-electron chi connectivity index (χ1n) is 9.31. The van der Waals surface area contributed by atoms with E-state index in [1.54, 1.807) is 30.5 Å². The molecule has 1 aromatic carbocycles. The fraction of sp³-hybridized carbons (Fsp3) is 0.143. The summed E-state index contributed by atoms with van der Waals surface area (Å²) in [5.74, 6) is 1.16. The van der Waals surface area contributed by atoms with Crippen LogP contribution >= 0.6 is 22.9 Å². The number of carbonyl (C=O) groups excluding carboxylic acids is 1.